The largest absolute Gasteiger partial charge is 0.468 e. The van der Waals surface area contributed by atoms with Crippen LogP contribution in [-0.2, 0) is 26.8 Å². The van der Waals surface area contributed by atoms with Gasteiger partial charge in [0.05, 0.1) is 11.5 Å². The molecule has 0 N–H and O–H groups in total. The smallest absolute Gasteiger partial charge is 0.222 e. The summed E-state index contributed by atoms with van der Waals surface area (Å²) in [6, 6.07) is 22.2. The first-order chi connectivity index (χ1) is 16.0. The molecule has 0 bridgehead atoms. The van der Waals surface area contributed by atoms with Gasteiger partial charge in [0, 0.05) is 19.5 Å². The lowest BCUT2D eigenvalue weighted by Gasteiger charge is -2.31. The number of fused-ring (bicyclic) bond motifs is 2. The molecular formula is C27H27NO4S. The third-order valence-electron chi connectivity index (χ3n) is 6.70. The Morgan fingerprint density at radius 1 is 0.909 bits per heavy atom. The van der Waals surface area contributed by atoms with Crippen molar-refractivity contribution in [1.82, 2.24) is 4.90 Å². The topological polar surface area (TPSA) is 67.6 Å². The minimum absolute atomic E-state index is 0.0766. The molecule has 1 aliphatic rings. The van der Waals surface area contributed by atoms with E-state index in [1.54, 1.807) is 12.1 Å². The van der Waals surface area contributed by atoms with Gasteiger partial charge in [-0.25, -0.2) is 8.42 Å². The second-order valence-electron chi connectivity index (χ2n) is 8.76. The first-order valence-electron chi connectivity index (χ1n) is 11.4. The zero-order valence-corrected chi connectivity index (χ0v) is 19.3. The van der Waals surface area contributed by atoms with E-state index in [9.17, 15) is 13.2 Å². The lowest BCUT2D eigenvalue weighted by Crippen LogP contribution is -2.42. The van der Waals surface area contributed by atoms with Gasteiger partial charge in [-0.3, -0.25) is 4.79 Å². The molecule has 0 unspecified atom stereocenters. The van der Waals surface area contributed by atoms with Crippen molar-refractivity contribution in [3.63, 3.8) is 0 Å². The highest BCUT2D eigenvalue weighted by Crippen LogP contribution is 2.30. The molecule has 1 aliphatic heterocycles. The Morgan fingerprint density at radius 3 is 2.15 bits per heavy atom. The van der Waals surface area contributed by atoms with Crippen molar-refractivity contribution in [3.8, 4) is 0 Å². The van der Waals surface area contributed by atoms with Crippen molar-refractivity contribution in [2.75, 3.05) is 13.1 Å². The fourth-order valence-corrected chi connectivity index (χ4v) is 6.67. The minimum atomic E-state index is -3.29. The number of aryl methyl sites for hydroxylation is 1. The fraction of sp³-hybridized carbons (Fsp3) is 0.296. The third-order valence-corrected chi connectivity index (χ3v) is 8.87. The summed E-state index contributed by atoms with van der Waals surface area (Å²) in [6.45, 7) is 0.967. The van der Waals surface area contributed by atoms with Crippen LogP contribution in [-0.4, -0.2) is 37.6 Å². The average Bonchev–Trinajstić information content (AvgIpc) is 3.34. The molecule has 1 fully saturated rings. The predicted octanol–water partition coefficient (Wildman–Crippen LogP) is 5.12. The molecule has 0 saturated carbocycles. The van der Waals surface area contributed by atoms with Crippen LogP contribution in [0.15, 0.2) is 77.4 Å². The molecule has 0 spiro atoms. The molecule has 0 aliphatic carbocycles. The summed E-state index contributed by atoms with van der Waals surface area (Å²) in [6.07, 6.45) is 3.53. The number of hydrogen-bond donors (Lipinski definition) is 0. The molecule has 0 radical (unpaired) electrons. The van der Waals surface area contributed by atoms with Gasteiger partial charge in [-0.15, -0.1) is 0 Å². The van der Waals surface area contributed by atoms with Crippen molar-refractivity contribution in [2.24, 2.45) is 0 Å². The van der Waals surface area contributed by atoms with Crippen LogP contribution in [0, 0.1) is 0 Å². The number of benzene rings is 3. The molecule has 1 aromatic heterocycles. The maximum atomic E-state index is 13.0. The molecule has 2 heterocycles. The van der Waals surface area contributed by atoms with Gasteiger partial charge in [-0.05, 0) is 64.6 Å². The number of nitrogens with zero attached hydrogens (tertiary/aromatic N) is 1. The maximum absolute atomic E-state index is 13.0. The monoisotopic (exact) mass is 461 g/mol. The fourth-order valence-electron chi connectivity index (χ4n) is 4.94. The molecule has 3 aromatic carbocycles. The van der Waals surface area contributed by atoms with Crippen LogP contribution in [0.1, 0.15) is 30.6 Å². The second kappa shape index (κ2) is 9.02. The van der Waals surface area contributed by atoms with E-state index in [1.165, 1.54) is 33.4 Å². The van der Waals surface area contributed by atoms with Crippen molar-refractivity contribution in [2.45, 2.75) is 36.7 Å². The Kier molecular flexibility index (Phi) is 5.94. The Labute approximate surface area is 193 Å². The maximum Gasteiger partial charge on any atom is 0.222 e. The summed E-state index contributed by atoms with van der Waals surface area (Å²) in [4.78, 5) is 14.8. The van der Waals surface area contributed by atoms with Gasteiger partial charge in [0.15, 0.2) is 9.84 Å². The number of carbonyl (C=O) groups is 1. The van der Waals surface area contributed by atoms with Crippen LogP contribution < -0.4 is 0 Å². The van der Waals surface area contributed by atoms with Gasteiger partial charge in [0.25, 0.3) is 0 Å². The Hall–Kier alpha value is -3.12. The minimum Gasteiger partial charge on any atom is -0.468 e. The molecule has 4 aromatic rings. The van der Waals surface area contributed by atoms with Crippen LogP contribution in [0.2, 0.25) is 0 Å². The van der Waals surface area contributed by atoms with E-state index in [4.69, 9.17) is 4.42 Å². The third kappa shape index (κ3) is 4.53. The summed E-state index contributed by atoms with van der Waals surface area (Å²) in [5.41, 5.74) is 1.20. The predicted molar refractivity (Wildman–Crippen MR) is 131 cm³/mol. The summed E-state index contributed by atoms with van der Waals surface area (Å²) in [5, 5.41) is 4.31. The number of sulfone groups is 1. The van der Waals surface area contributed by atoms with Gasteiger partial charge in [-0.2, -0.15) is 0 Å². The molecule has 1 saturated heterocycles. The van der Waals surface area contributed by atoms with Crippen molar-refractivity contribution < 1.29 is 17.6 Å². The lowest BCUT2D eigenvalue weighted by atomic mass is 9.94. The average molecular weight is 462 g/mol. The summed E-state index contributed by atoms with van der Waals surface area (Å²) < 4.78 is 30.7. The quantitative estimate of drug-likeness (QED) is 0.374. The molecule has 33 heavy (non-hydrogen) atoms. The van der Waals surface area contributed by atoms with Crippen molar-refractivity contribution >= 4 is 37.3 Å². The van der Waals surface area contributed by atoms with Crippen LogP contribution in [0.25, 0.3) is 21.5 Å². The SMILES string of the molecule is O=C(CCc1c2ccccc2cc2ccccc12)N1CCC(S(=O)(=O)Cc2ccco2)CC1. The van der Waals surface area contributed by atoms with E-state index in [1.807, 2.05) is 29.2 Å². The van der Waals surface area contributed by atoms with Crippen LogP contribution in [0.3, 0.4) is 0 Å². The van der Waals surface area contributed by atoms with Gasteiger partial charge in [0.2, 0.25) is 5.91 Å². The summed E-state index contributed by atoms with van der Waals surface area (Å²) in [5.74, 6) is 0.483. The summed E-state index contributed by atoms with van der Waals surface area (Å²) in [7, 11) is -3.29. The molecule has 5 nitrogen and oxygen atoms in total. The van der Waals surface area contributed by atoms with Crippen LogP contribution in [0.4, 0.5) is 0 Å². The Bertz CT molecular complexity index is 1330. The highest BCUT2D eigenvalue weighted by molar-refractivity contribution is 7.91. The molecule has 170 valence electrons. The first kappa shape index (κ1) is 21.7. The van der Waals surface area contributed by atoms with E-state index >= 15 is 0 Å². The Morgan fingerprint density at radius 2 is 1.55 bits per heavy atom. The summed E-state index contributed by atoms with van der Waals surface area (Å²) >= 11 is 0. The lowest BCUT2D eigenvalue weighted by molar-refractivity contribution is -0.132. The highest BCUT2D eigenvalue weighted by atomic mass is 32.2. The number of furan rings is 1. The van der Waals surface area contributed by atoms with Gasteiger partial charge in [-0.1, -0.05) is 48.5 Å². The van der Waals surface area contributed by atoms with Crippen LogP contribution >= 0.6 is 0 Å². The van der Waals surface area contributed by atoms with Crippen LogP contribution in [0.5, 0.6) is 0 Å². The Balaban J connectivity index is 1.26. The standard InChI is InChI=1S/C27H27NO4S/c29-27(28-15-13-23(14-16-28)33(30,31)19-22-8-5-17-32-22)12-11-26-24-9-3-1-6-20(24)18-21-7-2-4-10-25(21)26/h1-10,17-18,23H,11-16,19H2. The van der Waals surface area contributed by atoms with Crippen molar-refractivity contribution in [3.05, 3.63) is 84.3 Å². The number of hydrogen-bond acceptors (Lipinski definition) is 4. The van der Waals surface area contributed by atoms with Gasteiger partial charge < -0.3 is 9.32 Å². The van der Waals surface area contributed by atoms with Crippen molar-refractivity contribution in [1.29, 1.82) is 0 Å². The zero-order valence-electron chi connectivity index (χ0n) is 18.4. The number of piperidine rings is 1. The molecule has 6 heteroatoms. The highest BCUT2D eigenvalue weighted by Gasteiger charge is 2.32. The molecular weight excluding hydrogens is 434 g/mol. The zero-order chi connectivity index (χ0) is 22.8. The van der Waals surface area contributed by atoms with E-state index < -0.39 is 15.1 Å². The number of amides is 1. The molecule has 1 amide bonds. The second-order valence-corrected chi connectivity index (χ2v) is 11.0. The normalized spacial score (nSPS) is 15.3. The van der Waals surface area contributed by atoms with E-state index in [0.717, 1.165) is 0 Å². The number of likely N-dealkylation sites (tertiary alicyclic amines) is 1. The first-order valence-corrected chi connectivity index (χ1v) is 13.1. The molecule has 5 rings (SSSR count). The van der Waals surface area contributed by atoms with E-state index in [0.29, 0.717) is 44.5 Å². The van der Waals surface area contributed by atoms with E-state index in [2.05, 4.69) is 30.3 Å². The van der Waals surface area contributed by atoms with E-state index in [-0.39, 0.29) is 11.7 Å². The van der Waals surface area contributed by atoms with Gasteiger partial charge >= 0.3 is 0 Å². The number of carbonyl (C=O) groups excluding carboxylic acids is 1. The molecule has 0 atom stereocenters. The van der Waals surface area contributed by atoms with Gasteiger partial charge in [0.1, 0.15) is 11.5 Å². The number of rotatable bonds is 6.